The Hall–Kier alpha value is -4.45. The predicted octanol–water partition coefficient (Wildman–Crippen LogP) is 22.2. The van der Waals surface area contributed by atoms with E-state index in [1.54, 1.807) is 0 Å². The molecule has 442 valence electrons. The number of carbonyl (C=O) groups excluding carboxylic acids is 3. The van der Waals surface area contributed by atoms with Crippen LogP contribution in [-0.4, -0.2) is 37.2 Å². The Labute approximate surface area is 481 Å². The van der Waals surface area contributed by atoms with E-state index >= 15 is 0 Å². The smallest absolute Gasteiger partial charge is 0.306 e. The molecule has 0 bridgehead atoms. The maximum Gasteiger partial charge on any atom is 0.306 e. The first kappa shape index (κ1) is 73.5. The largest absolute Gasteiger partial charge is 0.462 e. The van der Waals surface area contributed by atoms with E-state index in [0.717, 1.165) is 116 Å². The Bertz CT molecular complexity index is 1670. The third-order valence-electron chi connectivity index (χ3n) is 13.4. The van der Waals surface area contributed by atoms with Crippen molar-refractivity contribution in [3.63, 3.8) is 0 Å². The standard InChI is InChI=1S/C72H118O6/c1-4-7-10-13-16-19-22-25-28-30-32-33-34-35-36-37-38-39-41-42-44-47-50-53-56-59-62-65-71(74)77-68-69(67-76-70(73)64-61-58-55-52-49-46-27-24-21-18-15-12-9-6-3)78-72(75)66-63-60-57-54-51-48-45-43-40-31-29-26-23-20-17-14-11-8-5-2/h7-8,10-11,16-17,19-20,24-29,32-33,40,43,48,51,57,60,69H,4-6,9,12-15,18,21-23,30-31,34-39,41-42,44-47,49-50,52-56,58-59,61-68H2,1-3H3/b10-7-,11-8-,19-16-,20-17-,27-24-,28-25-,29-26-,33-32-,43-40-,51-48-,60-57-. The van der Waals surface area contributed by atoms with Crippen LogP contribution >= 0.6 is 0 Å². The summed E-state index contributed by atoms with van der Waals surface area (Å²) in [6.45, 7) is 6.35. The molecule has 0 rings (SSSR count). The summed E-state index contributed by atoms with van der Waals surface area (Å²) in [6.07, 6.45) is 91.9. The van der Waals surface area contributed by atoms with Crippen molar-refractivity contribution in [1.82, 2.24) is 0 Å². The van der Waals surface area contributed by atoms with Crippen LogP contribution in [0.2, 0.25) is 0 Å². The molecule has 0 aromatic rings. The molecule has 0 aromatic carbocycles. The van der Waals surface area contributed by atoms with Gasteiger partial charge in [0.2, 0.25) is 0 Å². The van der Waals surface area contributed by atoms with Gasteiger partial charge < -0.3 is 14.2 Å². The van der Waals surface area contributed by atoms with Crippen LogP contribution in [-0.2, 0) is 28.6 Å². The minimum Gasteiger partial charge on any atom is -0.462 e. The number of carbonyl (C=O) groups is 3. The average Bonchev–Trinajstić information content (AvgIpc) is 3.44. The molecule has 0 radical (unpaired) electrons. The number of ether oxygens (including phenoxy) is 3. The highest BCUT2D eigenvalue weighted by atomic mass is 16.6. The highest BCUT2D eigenvalue weighted by molar-refractivity contribution is 5.71. The molecule has 0 aromatic heterocycles. The van der Waals surface area contributed by atoms with Gasteiger partial charge in [0.25, 0.3) is 0 Å². The van der Waals surface area contributed by atoms with Crippen LogP contribution in [0.3, 0.4) is 0 Å². The summed E-state index contributed by atoms with van der Waals surface area (Å²) in [6, 6.07) is 0. The van der Waals surface area contributed by atoms with E-state index in [0.29, 0.717) is 19.3 Å². The lowest BCUT2D eigenvalue weighted by Crippen LogP contribution is -2.30. The lowest BCUT2D eigenvalue weighted by Gasteiger charge is -2.18. The summed E-state index contributed by atoms with van der Waals surface area (Å²) in [5.41, 5.74) is 0. The molecule has 0 aliphatic heterocycles. The van der Waals surface area contributed by atoms with Crippen molar-refractivity contribution < 1.29 is 28.6 Å². The van der Waals surface area contributed by atoms with E-state index in [4.69, 9.17) is 14.2 Å². The van der Waals surface area contributed by atoms with Gasteiger partial charge in [-0.25, -0.2) is 0 Å². The lowest BCUT2D eigenvalue weighted by molar-refractivity contribution is -0.166. The molecule has 0 saturated heterocycles. The van der Waals surface area contributed by atoms with Crippen LogP contribution < -0.4 is 0 Å². The van der Waals surface area contributed by atoms with Crippen LogP contribution in [0.1, 0.15) is 284 Å². The maximum absolute atomic E-state index is 12.9. The Kier molecular flexibility index (Phi) is 61.4. The second-order valence-corrected chi connectivity index (χ2v) is 20.9. The lowest BCUT2D eigenvalue weighted by atomic mass is 10.0. The van der Waals surface area contributed by atoms with Gasteiger partial charge in [0.1, 0.15) is 13.2 Å². The van der Waals surface area contributed by atoms with Crippen LogP contribution in [0.5, 0.6) is 0 Å². The molecular formula is C72H118O6. The maximum atomic E-state index is 12.9. The van der Waals surface area contributed by atoms with Gasteiger partial charge in [-0.05, 0) is 122 Å². The zero-order valence-electron chi connectivity index (χ0n) is 50.6. The molecule has 1 unspecified atom stereocenters. The summed E-state index contributed by atoms with van der Waals surface area (Å²) in [7, 11) is 0. The summed E-state index contributed by atoms with van der Waals surface area (Å²) < 4.78 is 16.8. The minimum atomic E-state index is -0.827. The van der Waals surface area contributed by atoms with Crippen molar-refractivity contribution in [2.24, 2.45) is 0 Å². The highest BCUT2D eigenvalue weighted by Gasteiger charge is 2.19. The van der Waals surface area contributed by atoms with E-state index in [1.165, 1.54) is 122 Å². The Balaban J connectivity index is 4.40. The molecule has 78 heavy (non-hydrogen) atoms. The van der Waals surface area contributed by atoms with Crippen molar-refractivity contribution in [2.45, 2.75) is 290 Å². The fraction of sp³-hybridized carbons (Fsp3) is 0.653. The molecule has 0 heterocycles. The Morgan fingerprint density at radius 2 is 0.526 bits per heavy atom. The van der Waals surface area contributed by atoms with E-state index in [2.05, 4.69) is 148 Å². The van der Waals surface area contributed by atoms with Gasteiger partial charge >= 0.3 is 17.9 Å². The molecule has 0 N–H and O–H groups in total. The van der Waals surface area contributed by atoms with Crippen molar-refractivity contribution in [2.75, 3.05) is 13.2 Å². The van der Waals surface area contributed by atoms with E-state index in [1.807, 2.05) is 6.08 Å². The van der Waals surface area contributed by atoms with Crippen LogP contribution in [0.4, 0.5) is 0 Å². The molecule has 0 saturated carbocycles. The van der Waals surface area contributed by atoms with Gasteiger partial charge in [0.15, 0.2) is 6.10 Å². The fourth-order valence-electron chi connectivity index (χ4n) is 8.63. The molecule has 6 heteroatoms. The average molecular weight is 1080 g/mol. The molecule has 6 nitrogen and oxygen atoms in total. The first-order valence-corrected chi connectivity index (χ1v) is 32.2. The van der Waals surface area contributed by atoms with Gasteiger partial charge in [-0.1, -0.05) is 276 Å². The van der Waals surface area contributed by atoms with Crippen molar-refractivity contribution in [3.8, 4) is 0 Å². The molecule has 0 fully saturated rings. The molecule has 0 aliphatic carbocycles. The quantitative estimate of drug-likeness (QED) is 0.0261. The first-order chi connectivity index (χ1) is 38.5. The normalized spacial score (nSPS) is 13.0. The summed E-state index contributed by atoms with van der Waals surface area (Å²) in [4.78, 5) is 38.3. The van der Waals surface area contributed by atoms with Crippen LogP contribution in [0.15, 0.2) is 134 Å². The second-order valence-electron chi connectivity index (χ2n) is 20.9. The summed E-state index contributed by atoms with van der Waals surface area (Å²) in [5, 5.41) is 0. The van der Waals surface area contributed by atoms with E-state index in [9.17, 15) is 14.4 Å². The number of hydrogen-bond acceptors (Lipinski definition) is 6. The topological polar surface area (TPSA) is 78.9 Å². The van der Waals surface area contributed by atoms with Crippen LogP contribution in [0.25, 0.3) is 0 Å². The highest BCUT2D eigenvalue weighted by Crippen LogP contribution is 2.16. The molecule has 0 aliphatic rings. The second kappa shape index (κ2) is 65.1. The molecule has 0 spiro atoms. The number of unbranched alkanes of at least 4 members (excludes halogenated alkanes) is 24. The third-order valence-corrected chi connectivity index (χ3v) is 13.4. The molecule has 0 amide bonds. The summed E-state index contributed by atoms with van der Waals surface area (Å²) in [5.74, 6) is -1.00. The number of esters is 3. The van der Waals surface area contributed by atoms with E-state index < -0.39 is 12.1 Å². The Morgan fingerprint density at radius 1 is 0.269 bits per heavy atom. The first-order valence-electron chi connectivity index (χ1n) is 32.2. The van der Waals surface area contributed by atoms with Gasteiger partial charge in [0, 0.05) is 19.3 Å². The zero-order valence-corrected chi connectivity index (χ0v) is 50.6. The molecular weight excluding hydrogens is 961 g/mol. The summed E-state index contributed by atoms with van der Waals surface area (Å²) >= 11 is 0. The van der Waals surface area contributed by atoms with Crippen LogP contribution in [0, 0.1) is 0 Å². The Morgan fingerprint density at radius 3 is 0.846 bits per heavy atom. The minimum absolute atomic E-state index is 0.113. The van der Waals surface area contributed by atoms with Gasteiger partial charge in [0.05, 0.1) is 0 Å². The van der Waals surface area contributed by atoms with Crippen molar-refractivity contribution in [1.29, 1.82) is 0 Å². The monoisotopic (exact) mass is 1080 g/mol. The third kappa shape index (κ3) is 62.4. The van der Waals surface area contributed by atoms with Gasteiger partial charge in [-0.15, -0.1) is 0 Å². The van der Waals surface area contributed by atoms with E-state index in [-0.39, 0.29) is 31.6 Å². The number of rotatable bonds is 57. The number of hydrogen-bond donors (Lipinski definition) is 0. The fourth-order valence-corrected chi connectivity index (χ4v) is 8.63. The van der Waals surface area contributed by atoms with Gasteiger partial charge in [-0.3, -0.25) is 14.4 Å². The van der Waals surface area contributed by atoms with Gasteiger partial charge in [-0.2, -0.15) is 0 Å². The van der Waals surface area contributed by atoms with Crippen molar-refractivity contribution in [3.05, 3.63) is 134 Å². The molecule has 1 atom stereocenters. The zero-order chi connectivity index (χ0) is 56.4. The van der Waals surface area contributed by atoms with Crippen molar-refractivity contribution >= 4 is 17.9 Å². The number of allylic oxidation sites excluding steroid dienone is 22. The SMILES string of the molecule is CC/C=C\C/C=C\C/C=C\C/C=C\C/C=C\C/C=C\CCC(=O)OC(COC(=O)CCCCCCC/C=C\CCCCCCC)COC(=O)CCCCCCCCCCCCCCCC/C=C\C/C=C\C/C=C\C/C=C\CC. The predicted molar refractivity (Wildman–Crippen MR) is 339 cm³/mol.